The fourth-order valence-electron chi connectivity index (χ4n) is 8.11. The van der Waals surface area contributed by atoms with Crippen molar-refractivity contribution in [2.24, 2.45) is 29.6 Å². The molecule has 2 rings (SSSR count). The molecule has 10 nitrogen and oxygen atoms in total. The normalized spacial score (nSPS) is 18.6. The SMILES string of the molecule is CC[C@H](C)[C@@H]([C@@H](CC(=O)N1CCC[C@H]1[C@H](OC)[C@@H](C)C(=O)N[C@H](C)Cc1cc[c-]cc1)OC)N(C)C(=O)C(CC(=O)[C@H](C(C)C)N(C)C)C(C)C.C[CH-]C.[Y]. The molecule has 1 fully saturated rings. The number of hydrogen-bond donors (Lipinski definition) is 1. The molecule has 1 heterocycles. The molecule has 0 aliphatic carbocycles. The number of ketones is 1. The number of carbonyl (C=O) groups excluding carboxylic acids is 4. The van der Waals surface area contributed by atoms with Crippen LogP contribution in [-0.4, -0.2) is 116 Å². The molecule has 9 atom stereocenters. The Labute approximate surface area is 360 Å². The van der Waals surface area contributed by atoms with Crippen LogP contribution >= 0.6 is 0 Å². The van der Waals surface area contributed by atoms with Crippen LogP contribution in [-0.2, 0) is 67.8 Å². The second kappa shape index (κ2) is 27.1. The van der Waals surface area contributed by atoms with E-state index in [2.05, 4.69) is 25.2 Å². The number of methoxy groups -OCH3 is 2. The summed E-state index contributed by atoms with van der Waals surface area (Å²) in [6.45, 7) is 20.6. The summed E-state index contributed by atoms with van der Waals surface area (Å²) in [5, 5.41) is 3.14. The fourth-order valence-corrected chi connectivity index (χ4v) is 8.11. The standard InChI is InChI=1S/C41H69N4O6.C3H7.Y/c1-14-28(6)38(44(11)41(49)32(26(2)3)24-34(46)37(27(4)5)43(9)10)35(50-12)25-36(47)45-22-18-21-33(45)39(51-13)30(8)40(48)42-29(7)23-31-19-16-15-17-20-31;1-3-2;/h16-17,19-20,26-30,32-33,35,37-39H,14,18,21-25H2,1-13H3,(H,42,48);3H,1-2H3;/q2*-1;/t28-,29+,30+,32?,33-,35+,37-,38-,39+;;/m0../s1. The van der Waals surface area contributed by atoms with Gasteiger partial charge in [-0.3, -0.25) is 24.1 Å². The fraction of sp³-hybridized carbons (Fsp3) is 0.750. The molecule has 1 aliphatic heterocycles. The van der Waals surface area contributed by atoms with Gasteiger partial charge in [0.25, 0.3) is 0 Å². The van der Waals surface area contributed by atoms with Gasteiger partial charge in [0.1, 0.15) is 0 Å². The van der Waals surface area contributed by atoms with Crippen molar-refractivity contribution in [2.45, 2.75) is 144 Å². The maximum atomic E-state index is 14.3. The van der Waals surface area contributed by atoms with Crippen molar-refractivity contribution in [2.75, 3.05) is 41.9 Å². The van der Waals surface area contributed by atoms with Gasteiger partial charge >= 0.3 is 0 Å². The Balaban J connectivity index is 0.00000704. The van der Waals surface area contributed by atoms with Crippen molar-refractivity contribution < 1.29 is 61.4 Å². The van der Waals surface area contributed by atoms with E-state index in [1.54, 1.807) is 26.2 Å². The maximum absolute atomic E-state index is 14.3. The minimum atomic E-state index is -0.561. The zero-order valence-electron chi connectivity index (χ0n) is 37.1. The minimum absolute atomic E-state index is 0. The third-order valence-corrected chi connectivity index (χ3v) is 11.0. The molecule has 11 heteroatoms. The molecule has 1 aliphatic rings. The first-order chi connectivity index (χ1) is 25.4. The monoisotopic (exact) mass is 845 g/mol. The van der Waals surface area contributed by atoms with Gasteiger partial charge in [-0.25, -0.2) is 0 Å². The second-order valence-corrected chi connectivity index (χ2v) is 16.4. The number of ether oxygens (including phenoxy) is 2. The summed E-state index contributed by atoms with van der Waals surface area (Å²) in [6.07, 6.45) is 4.24. The van der Waals surface area contributed by atoms with E-state index in [9.17, 15) is 19.2 Å². The first kappa shape index (κ1) is 53.3. The first-order valence-electron chi connectivity index (χ1n) is 20.2. The quantitative estimate of drug-likeness (QED) is 0.141. The van der Waals surface area contributed by atoms with E-state index in [4.69, 9.17) is 9.47 Å². The molecule has 1 aromatic rings. The van der Waals surface area contributed by atoms with Gasteiger partial charge in [-0.05, 0) is 58.0 Å². The van der Waals surface area contributed by atoms with Crippen LogP contribution in [0.15, 0.2) is 24.3 Å². The number of amides is 3. The summed E-state index contributed by atoms with van der Waals surface area (Å²) in [4.78, 5) is 60.9. The summed E-state index contributed by atoms with van der Waals surface area (Å²) >= 11 is 0. The Hall–Kier alpha value is -1.72. The third-order valence-electron chi connectivity index (χ3n) is 11.0. The van der Waals surface area contributed by atoms with Crippen molar-refractivity contribution in [1.29, 1.82) is 0 Å². The molecule has 1 N–H and O–H groups in total. The summed E-state index contributed by atoms with van der Waals surface area (Å²) in [6, 6.07) is 9.77. The van der Waals surface area contributed by atoms with Gasteiger partial charge in [-0.1, -0.05) is 54.9 Å². The largest absolute Gasteiger partial charge is 0.379 e. The van der Waals surface area contributed by atoms with Crippen molar-refractivity contribution in [3.63, 3.8) is 0 Å². The molecule has 1 unspecified atom stereocenters. The van der Waals surface area contributed by atoms with Crippen LogP contribution < -0.4 is 5.32 Å². The van der Waals surface area contributed by atoms with E-state index >= 15 is 0 Å². The average molecular weight is 846 g/mol. The second-order valence-electron chi connectivity index (χ2n) is 16.4. The van der Waals surface area contributed by atoms with E-state index in [1.807, 2.05) is 110 Å². The van der Waals surface area contributed by atoms with Crippen molar-refractivity contribution in [3.05, 3.63) is 42.3 Å². The molecular formula is C44H76N4O6Y-2. The van der Waals surface area contributed by atoms with Crippen LogP contribution in [0.1, 0.15) is 107 Å². The Morgan fingerprint density at radius 2 is 1.53 bits per heavy atom. The summed E-state index contributed by atoms with van der Waals surface area (Å²) in [5.41, 5.74) is 1.12. The number of hydrogen-bond acceptors (Lipinski definition) is 7. The van der Waals surface area contributed by atoms with Crippen molar-refractivity contribution in [1.82, 2.24) is 20.0 Å². The molecule has 0 aromatic heterocycles. The topological polar surface area (TPSA) is 108 Å². The van der Waals surface area contributed by atoms with Gasteiger partial charge in [0.15, 0.2) is 5.78 Å². The van der Waals surface area contributed by atoms with Crippen LogP contribution in [0.3, 0.4) is 0 Å². The summed E-state index contributed by atoms with van der Waals surface area (Å²) < 4.78 is 12.0. The molecule has 1 radical (unpaired) electrons. The molecule has 1 saturated heterocycles. The average Bonchev–Trinajstić information content (AvgIpc) is 3.60. The van der Waals surface area contributed by atoms with Gasteiger partial charge in [-0.15, -0.1) is 0 Å². The number of benzene rings is 1. The van der Waals surface area contributed by atoms with Crippen molar-refractivity contribution >= 4 is 23.5 Å². The number of likely N-dealkylation sites (N-methyl/N-ethyl adjacent to an activating group) is 2. The predicted octanol–water partition coefficient (Wildman–Crippen LogP) is 6.50. The molecule has 0 bridgehead atoms. The number of nitrogens with one attached hydrogen (secondary N) is 1. The Morgan fingerprint density at radius 1 is 0.945 bits per heavy atom. The van der Waals surface area contributed by atoms with Crippen LogP contribution in [0.5, 0.6) is 0 Å². The Morgan fingerprint density at radius 3 is 2.00 bits per heavy atom. The maximum Gasteiger partial charge on any atom is 0.226 e. The zero-order valence-corrected chi connectivity index (χ0v) is 39.9. The van der Waals surface area contributed by atoms with E-state index < -0.39 is 24.0 Å². The summed E-state index contributed by atoms with van der Waals surface area (Å²) in [7, 11) is 8.80. The van der Waals surface area contributed by atoms with Gasteiger partial charge < -0.3 is 31.0 Å². The molecular weight excluding hydrogens is 769 g/mol. The number of rotatable bonds is 21. The molecule has 3 amide bonds. The molecule has 1 aromatic carbocycles. The van der Waals surface area contributed by atoms with Gasteiger partial charge in [0.2, 0.25) is 17.7 Å². The molecule has 55 heavy (non-hydrogen) atoms. The molecule has 0 saturated carbocycles. The Kier molecular flexibility index (Phi) is 26.2. The zero-order chi connectivity index (χ0) is 41.3. The van der Waals surface area contributed by atoms with Crippen LogP contribution in [0, 0.1) is 42.1 Å². The smallest absolute Gasteiger partial charge is 0.226 e. The Bertz CT molecular complexity index is 1260. The van der Waals surface area contributed by atoms with Gasteiger partial charge in [-0.2, -0.15) is 49.7 Å². The van der Waals surface area contributed by atoms with Crippen LogP contribution in [0.2, 0.25) is 0 Å². The van der Waals surface area contributed by atoms with Crippen molar-refractivity contribution in [3.8, 4) is 0 Å². The van der Waals surface area contributed by atoms with E-state index in [0.717, 1.165) is 24.8 Å². The van der Waals surface area contributed by atoms with Gasteiger partial charge in [0.05, 0.1) is 42.7 Å². The first-order valence-corrected chi connectivity index (χ1v) is 20.2. The van der Waals surface area contributed by atoms with Crippen LogP contribution in [0.4, 0.5) is 0 Å². The molecule has 0 spiro atoms. The van der Waals surface area contributed by atoms with E-state index in [0.29, 0.717) is 13.0 Å². The minimum Gasteiger partial charge on any atom is -0.379 e. The number of nitrogens with zero attached hydrogens (tertiary/aromatic N) is 3. The van der Waals surface area contributed by atoms with E-state index in [1.165, 1.54) is 0 Å². The summed E-state index contributed by atoms with van der Waals surface area (Å²) in [5.74, 6) is -1.08. The molecule has 313 valence electrons. The van der Waals surface area contributed by atoms with Gasteiger partial charge in [0, 0.05) is 78.9 Å². The van der Waals surface area contributed by atoms with E-state index in [-0.39, 0.29) is 111 Å². The third kappa shape index (κ3) is 16.2. The number of likely N-dealkylation sites (tertiary alicyclic amines) is 1. The number of Topliss-reactive ketones (excluding diaryl/α,β-unsaturated/α-hetero) is 1. The predicted molar refractivity (Wildman–Crippen MR) is 219 cm³/mol. The number of carbonyl (C=O) groups is 4. The van der Waals surface area contributed by atoms with Crippen LogP contribution in [0.25, 0.3) is 0 Å².